The van der Waals surface area contributed by atoms with Crippen LogP contribution in [0.3, 0.4) is 0 Å². The third-order valence-corrected chi connectivity index (χ3v) is 2.54. The molecule has 0 aliphatic rings. The fourth-order valence-corrected chi connectivity index (χ4v) is 1.23. The number of halogens is 1. The topological polar surface area (TPSA) is 49.8 Å². The van der Waals surface area contributed by atoms with Crippen molar-refractivity contribution in [3.8, 4) is 0 Å². The van der Waals surface area contributed by atoms with E-state index in [2.05, 4.69) is 50.4 Å². The Morgan fingerprint density at radius 3 is 2.86 bits per heavy atom. The van der Waals surface area contributed by atoms with E-state index in [9.17, 15) is 0 Å². The number of hydrogen-bond acceptors (Lipinski definition) is 4. The normalized spacial score (nSPS) is 12.3. The minimum atomic E-state index is 0.408. The van der Waals surface area contributed by atoms with Gasteiger partial charge in [-0.3, -0.25) is 0 Å². The van der Waals surface area contributed by atoms with Crippen LogP contribution in [0.2, 0.25) is 0 Å². The lowest BCUT2D eigenvalue weighted by molar-refractivity contribution is 0.757. The summed E-state index contributed by atoms with van der Waals surface area (Å²) < 4.78 is 0.886. The van der Waals surface area contributed by atoms with E-state index in [1.54, 1.807) is 13.2 Å². The molecule has 78 valence electrons. The lowest BCUT2D eigenvalue weighted by Crippen LogP contribution is -2.15. The van der Waals surface area contributed by atoms with Gasteiger partial charge in [-0.15, -0.1) is 0 Å². The summed E-state index contributed by atoms with van der Waals surface area (Å²) in [6.07, 6.45) is 2.80. The predicted octanol–water partition coefficient (Wildman–Crippen LogP) is 2.49. The fourth-order valence-electron chi connectivity index (χ4n) is 0.924. The van der Waals surface area contributed by atoms with E-state index in [1.807, 2.05) is 0 Å². The average molecular weight is 259 g/mol. The van der Waals surface area contributed by atoms with E-state index < -0.39 is 0 Å². The number of hydrogen-bond donors (Lipinski definition) is 2. The third-order valence-electron chi connectivity index (χ3n) is 1.96. The van der Waals surface area contributed by atoms with Crippen LogP contribution in [0.4, 0.5) is 11.8 Å². The Bertz CT molecular complexity index is 303. The van der Waals surface area contributed by atoms with Crippen molar-refractivity contribution in [1.29, 1.82) is 0 Å². The van der Waals surface area contributed by atoms with Gasteiger partial charge in [0.2, 0.25) is 5.95 Å². The smallest absolute Gasteiger partial charge is 0.224 e. The zero-order valence-corrected chi connectivity index (χ0v) is 10.2. The highest BCUT2D eigenvalue weighted by molar-refractivity contribution is 9.10. The number of nitrogens with zero attached hydrogens (tertiary/aromatic N) is 2. The molecule has 1 aromatic heterocycles. The molecule has 0 aromatic carbocycles. The summed E-state index contributed by atoms with van der Waals surface area (Å²) >= 11 is 3.40. The van der Waals surface area contributed by atoms with Crippen LogP contribution < -0.4 is 10.6 Å². The summed E-state index contributed by atoms with van der Waals surface area (Å²) in [7, 11) is 1.80. The Morgan fingerprint density at radius 2 is 2.29 bits per heavy atom. The Labute approximate surface area is 92.7 Å². The summed E-state index contributed by atoms with van der Waals surface area (Å²) in [5.74, 6) is 1.46. The summed E-state index contributed by atoms with van der Waals surface area (Å²) in [5.41, 5.74) is 0. The summed E-state index contributed by atoms with van der Waals surface area (Å²) in [6, 6.07) is 0.408. The number of nitrogens with one attached hydrogen (secondary N) is 2. The molecule has 5 heteroatoms. The minimum Gasteiger partial charge on any atom is -0.367 e. The molecule has 1 rings (SSSR count). The number of aromatic nitrogens is 2. The first kappa shape index (κ1) is 11.2. The van der Waals surface area contributed by atoms with Crippen molar-refractivity contribution >= 4 is 27.7 Å². The van der Waals surface area contributed by atoms with Crippen LogP contribution in [-0.2, 0) is 0 Å². The van der Waals surface area contributed by atoms with Gasteiger partial charge in [-0.05, 0) is 29.3 Å². The molecular weight excluding hydrogens is 244 g/mol. The molecule has 1 unspecified atom stereocenters. The maximum Gasteiger partial charge on any atom is 0.224 e. The van der Waals surface area contributed by atoms with Gasteiger partial charge in [0.1, 0.15) is 5.82 Å². The molecule has 4 nitrogen and oxygen atoms in total. The lowest BCUT2D eigenvalue weighted by Gasteiger charge is -2.13. The molecule has 0 radical (unpaired) electrons. The van der Waals surface area contributed by atoms with Crippen LogP contribution in [0.1, 0.15) is 20.3 Å². The van der Waals surface area contributed by atoms with Crippen LogP contribution in [0.25, 0.3) is 0 Å². The molecule has 0 fully saturated rings. The van der Waals surface area contributed by atoms with Crippen LogP contribution >= 0.6 is 15.9 Å². The van der Waals surface area contributed by atoms with E-state index in [0.29, 0.717) is 12.0 Å². The molecule has 2 N–H and O–H groups in total. The molecule has 0 saturated carbocycles. The molecule has 0 aliphatic heterocycles. The van der Waals surface area contributed by atoms with Gasteiger partial charge in [-0.25, -0.2) is 4.98 Å². The molecule has 0 spiro atoms. The van der Waals surface area contributed by atoms with Gasteiger partial charge in [-0.2, -0.15) is 4.98 Å². The molecule has 1 heterocycles. The maximum absolute atomic E-state index is 4.30. The van der Waals surface area contributed by atoms with Gasteiger partial charge in [0, 0.05) is 19.3 Å². The molecule has 1 aromatic rings. The number of rotatable bonds is 4. The average Bonchev–Trinajstić information content (AvgIpc) is 2.21. The Hall–Kier alpha value is -0.840. The van der Waals surface area contributed by atoms with Crippen molar-refractivity contribution in [2.24, 2.45) is 0 Å². The second-order valence-corrected chi connectivity index (χ2v) is 3.95. The summed E-state index contributed by atoms with van der Waals surface area (Å²) in [6.45, 7) is 4.25. The maximum atomic E-state index is 4.30. The van der Waals surface area contributed by atoms with Gasteiger partial charge in [-0.1, -0.05) is 6.92 Å². The van der Waals surface area contributed by atoms with Crippen LogP contribution in [0.5, 0.6) is 0 Å². The van der Waals surface area contributed by atoms with Gasteiger partial charge in [0.25, 0.3) is 0 Å². The molecule has 1 atom stereocenters. The highest BCUT2D eigenvalue weighted by Crippen LogP contribution is 2.20. The SMILES string of the molecule is CCC(C)Nc1nc(NC)ncc1Br. The molecule has 0 amide bonds. The monoisotopic (exact) mass is 258 g/mol. The lowest BCUT2D eigenvalue weighted by atomic mass is 10.2. The van der Waals surface area contributed by atoms with E-state index in [4.69, 9.17) is 0 Å². The highest BCUT2D eigenvalue weighted by Gasteiger charge is 2.06. The molecule has 0 aliphatic carbocycles. The van der Waals surface area contributed by atoms with Crippen molar-refractivity contribution in [1.82, 2.24) is 9.97 Å². The largest absolute Gasteiger partial charge is 0.367 e. The molecular formula is C9H15BrN4. The van der Waals surface area contributed by atoms with Crippen molar-refractivity contribution in [3.63, 3.8) is 0 Å². The third kappa shape index (κ3) is 2.83. The first-order chi connectivity index (χ1) is 6.67. The predicted molar refractivity (Wildman–Crippen MR) is 62.7 cm³/mol. The van der Waals surface area contributed by atoms with Crippen molar-refractivity contribution in [3.05, 3.63) is 10.7 Å². The molecule has 14 heavy (non-hydrogen) atoms. The van der Waals surface area contributed by atoms with E-state index in [-0.39, 0.29) is 0 Å². The van der Waals surface area contributed by atoms with Crippen LogP contribution in [0, 0.1) is 0 Å². The minimum absolute atomic E-state index is 0.408. The first-order valence-corrected chi connectivity index (χ1v) is 5.43. The fraction of sp³-hybridized carbons (Fsp3) is 0.556. The molecule has 0 saturated heterocycles. The Kier molecular flexibility index (Phi) is 4.13. The Balaban J connectivity index is 2.83. The van der Waals surface area contributed by atoms with Gasteiger partial charge in [0.15, 0.2) is 0 Å². The zero-order valence-electron chi connectivity index (χ0n) is 8.63. The van der Waals surface area contributed by atoms with Crippen molar-refractivity contribution in [2.75, 3.05) is 17.7 Å². The van der Waals surface area contributed by atoms with E-state index in [1.165, 1.54) is 0 Å². The van der Waals surface area contributed by atoms with Crippen molar-refractivity contribution in [2.45, 2.75) is 26.3 Å². The Morgan fingerprint density at radius 1 is 1.57 bits per heavy atom. The second-order valence-electron chi connectivity index (χ2n) is 3.09. The quantitative estimate of drug-likeness (QED) is 0.872. The van der Waals surface area contributed by atoms with Gasteiger partial charge < -0.3 is 10.6 Å². The summed E-state index contributed by atoms with van der Waals surface area (Å²) in [5, 5.41) is 6.20. The molecule has 0 bridgehead atoms. The van der Waals surface area contributed by atoms with Crippen LogP contribution in [-0.4, -0.2) is 23.1 Å². The zero-order chi connectivity index (χ0) is 10.6. The first-order valence-electron chi connectivity index (χ1n) is 4.64. The van der Waals surface area contributed by atoms with Gasteiger partial charge >= 0.3 is 0 Å². The van der Waals surface area contributed by atoms with E-state index >= 15 is 0 Å². The van der Waals surface area contributed by atoms with Crippen LogP contribution in [0.15, 0.2) is 10.7 Å². The highest BCUT2D eigenvalue weighted by atomic mass is 79.9. The van der Waals surface area contributed by atoms with Gasteiger partial charge in [0.05, 0.1) is 4.47 Å². The second kappa shape index (κ2) is 5.14. The standard InChI is InChI=1S/C9H15BrN4/c1-4-6(2)13-8-7(10)5-12-9(11-3)14-8/h5-6H,4H2,1-3H3,(H2,11,12,13,14). The number of anilines is 2. The van der Waals surface area contributed by atoms with E-state index in [0.717, 1.165) is 16.7 Å². The van der Waals surface area contributed by atoms with Crippen molar-refractivity contribution < 1.29 is 0 Å². The summed E-state index contributed by atoms with van der Waals surface area (Å²) in [4.78, 5) is 8.38.